The minimum Gasteiger partial charge on any atom is -0.381 e. The Labute approximate surface area is 98.4 Å². The third kappa shape index (κ3) is 1.93. The Bertz CT molecular complexity index is 544. The van der Waals surface area contributed by atoms with Gasteiger partial charge in [0.1, 0.15) is 0 Å². The van der Waals surface area contributed by atoms with Crippen LogP contribution in [0, 0.1) is 5.92 Å². The molecular formula is C12H13N3O2. The van der Waals surface area contributed by atoms with Gasteiger partial charge in [0.2, 0.25) is 0 Å². The summed E-state index contributed by atoms with van der Waals surface area (Å²) < 4.78 is 6.99. The molecule has 5 nitrogen and oxygen atoms in total. The van der Waals surface area contributed by atoms with Gasteiger partial charge >= 0.3 is 0 Å². The number of carbonyl (C=O) groups excluding carboxylic acids is 1. The number of hydrogen-bond donors (Lipinski definition) is 0. The number of ether oxygens (including phenoxy) is 1. The molecule has 88 valence electrons. The van der Waals surface area contributed by atoms with E-state index in [1.165, 1.54) is 0 Å². The van der Waals surface area contributed by atoms with E-state index < -0.39 is 0 Å². The van der Waals surface area contributed by atoms with Gasteiger partial charge in [-0.3, -0.25) is 4.79 Å². The second kappa shape index (κ2) is 4.25. The van der Waals surface area contributed by atoms with E-state index in [2.05, 4.69) is 10.1 Å². The minimum absolute atomic E-state index is 0.507. The number of nitrogens with zero attached hydrogens (tertiary/aromatic N) is 3. The summed E-state index contributed by atoms with van der Waals surface area (Å²) in [6.07, 6.45) is 4.51. The minimum atomic E-state index is 0.507. The Hall–Kier alpha value is -1.75. The number of aldehydes is 1. The molecule has 0 amide bonds. The average molecular weight is 231 g/mol. The molecule has 1 fully saturated rings. The molecule has 1 unspecified atom stereocenters. The van der Waals surface area contributed by atoms with Crippen molar-refractivity contribution in [3.05, 3.63) is 29.7 Å². The van der Waals surface area contributed by atoms with Gasteiger partial charge in [-0.25, -0.2) is 9.50 Å². The van der Waals surface area contributed by atoms with E-state index in [4.69, 9.17) is 4.74 Å². The zero-order chi connectivity index (χ0) is 11.7. The van der Waals surface area contributed by atoms with Crippen molar-refractivity contribution in [3.63, 3.8) is 0 Å². The zero-order valence-electron chi connectivity index (χ0n) is 9.37. The highest BCUT2D eigenvalue weighted by Crippen LogP contribution is 2.17. The van der Waals surface area contributed by atoms with E-state index in [9.17, 15) is 4.79 Å². The van der Waals surface area contributed by atoms with Gasteiger partial charge in [-0.1, -0.05) is 0 Å². The Morgan fingerprint density at radius 1 is 1.59 bits per heavy atom. The molecule has 2 aromatic heterocycles. The van der Waals surface area contributed by atoms with Gasteiger partial charge in [0.15, 0.2) is 17.8 Å². The highest BCUT2D eigenvalue weighted by Gasteiger charge is 2.18. The van der Waals surface area contributed by atoms with E-state index in [0.717, 1.165) is 38.2 Å². The molecule has 1 saturated heterocycles. The van der Waals surface area contributed by atoms with E-state index >= 15 is 0 Å². The Balaban J connectivity index is 1.92. The molecule has 17 heavy (non-hydrogen) atoms. The van der Waals surface area contributed by atoms with Gasteiger partial charge in [0.05, 0.1) is 5.56 Å². The van der Waals surface area contributed by atoms with E-state index in [1.807, 2.05) is 6.20 Å². The van der Waals surface area contributed by atoms with Gasteiger partial charge in [-0.15, -0.1) is 0 Å². The monoisotopic (exact) mass is 231 g/mol. The molecule has 0 bridgehead atoms. The molecule has 0 aromatic carbocycles. The molecule has 0 aliphatic carbocycles. The Kier molecular flexibility index (Phi) is 2.60. The first-order valence-electron chi connectivity index (χ1n) is 5.74. The van der Waals surface area contributed by atoms with Crippen LogP contribution in [0.1, 0.15) is 22.6 Å². The summed E-state index contributed by atoms with van der Waals surface area (Å²) in [5.41, 5.74) is 1.21. The number of fused-ring (bicyclic) bond motifs is 1. The predicted molar refractivity (Wildman–Crippen MR) is 61.0 cm³/mol. The summed E-state index contributed by atoms with van der Waals surface area (Å²) in [6.45, 7) is 1.62. The third-order valence-corrected chi connectivity index (χ3v) is 3.06. The fraction of sp³-hybridized carbons (Fsp3) is 0.417. The number of rotatable bonds is 3. The first kappa shape index (κ1) is 10.4. The lowest BCUT2D eigenvalue weighted by atomic mass is 10.1. The third-order valence-electron chi connectivity index (χ3n) is 3.06. The summed E-state index contributed by atoms with van der Waals surface area (Å²) in [4.78, 5) is 15.3. The summed E-state index contributed by atoms with van der Waals surface area (Å²) in [5.74, 6) is 1.29. The lowest BCUT2D eigenvalue weighted by Gasteiger charge is -2.01. The Morgan fingerprint density at radius 2 is 2.53 bits per heavy atom. The fourth-order valence-corrected chi connectivity index (χ4v) is 2.15. The van der Waals surface area contributed by atoms with Crippen LogP contribution in [0.25, 0.3) is 5.65 Å². The molecule has 0 N–H and O–H groups in total. The summed E-state index contributed by atoms with van der Waals surface area (Å²) >= 11 is 0. The molecule has 3 heterocycles. The second-order valence-electron chi connectivity index (χ2n) is 4.31. The Morgan fingerprint density at radius 3 is 3.29 bits per heavy atom. The van der Waals surface area contributed by atoms with Crippen LogP contribution >= 0.6 is 0 Å². The zero-order valence-corrected chi connectivity index (χ0v) is 9.37. The molecule has 1 aliphatic heterocycles. The first-order valence-corrected chi connectivity index (χ1v) is 5.74. The molecule has 0 radical (unpaired) electrons. The summed E-state index contributed by atoms with van der Waals surface area (Å²) in [6, 6.07) is 3.55. The van der Waals surface area contributed by atoms with Crippen molar-refractivity contribution < 1.29 is 9.53 Å². The summed E-state index contributed by atoms with van der Waals surface area (Å²) in [7, 11) is 0. The largest absolute Gasteiger partial charge is 0.381 e. The normalized spacial score (nSPS) is 19.9. The standard InChI is InChI=1S/C12H13N3O2/c16-7-10-2-1-4-15-12(10)13-11(14-15)6-9-3-5-17-8-9/h1-2,4,7,9H,3,5-6,8H2. The average Bonchev–Trinajstić information content (AvgIpc) is 2.97. The molecular weight excluding hydrogens is 218 g/mol. The van der Waals surface area contributed by atoms with E-state index in [1.54, 1.807) is 16.6 Å². The van der Waals surface area contributed by atoms with E-state index in [0.29, 0.717) is 17.1 Å². The lowest BCUT2D eigenvalue weighted by molar-refractivity contribution is 0.112. The van der Waals surface area contributed by atoms with Crippen molar-refractivity contribution in [2.24, 2.45) is 5.92 Å². The SMILES string of the molecule is O=Cc1cccn2nc(CC3CCOC3)nc12. The molecule has 3 rings (SSSR count). The van der Waals surface area contributed by atoms with Crippen LogP contribution in [-0.4, -0.2) is 34.1 Å². The smallest absolute Gasteiger partial charge is 0.166 e. The van der Waals surface area contributed by atoms with Gasteiger partial charge < -0.3 is 4.74 Å². The van der Waals surface area contributed by atoms with Crippen molar-refractivity contribution in [2.75, 3.05) is 13.2 Å². The van der Waals surface area contributed by atoms with Crippen LogP contribution in [-0.2, 0) is 11.2 Å². The molecule has 0 spiro atoms. The highest BCUT2D eigenvalue weighted by molar-refractivity contribution is 5.83. The van der Waals surface area contributed by atoms with Crippen molar-refractivity contribution in [3.8, 4) is 0 Å². The topological polar surface area (TPSA) is 56.5 Å². The quantitative estimate of drug-likeness (QED) is 0.743. The number of pyridine rings is 1. The van der Waals surface area contributed by atoms with Crippen molar-refractivity contribution >= 4 is 11.9 Å². The molecule has 5 heteroatoms. The van der Waals surface area contributed by atoms with Crippen LogP contribution in [0.4, 0.5) is 0 Å². The molecule has 0 saturated carbocycles. The number of aromatic nitrogens is 3. The maximum absolute atomic E-state index is 10.9. The maximum Gasteiger partial charge on any atom is 0.166 e. The van der Waals surface area contributed by atoms with Crippen LogP contribution in [0.2, 0.25) is 0 Å². The number of hydrogen-bond acceptors (Lipinski definition) is 4. The van der Waals surface area contributed by atoms with Crippen LogP contribution < -0.4 is 0 Å². The van der Waals surface area contributed by atoms with Gasteiger partial charge in [-0.05, 0) is 24.5 Å². The van der Waals surface area contributed by atoms with Crippen LogP contribution in [0.3, 0.4) is 0 Å². The number of carbonyl (C=O) groups is 1. The van der Waals surface area contributed by atoms with Crippen LogP contribution in [0.5, 0.6) is 0 Å². The molecule has 1 aliphatic rings. The molecule has 2 aromatic rings. The lowest BCUT2D eigenvalue weighted by Crippen LogP contribution is -2.05. The highest BCUT2D eigenvalue weighted by atomic mass is 16.5. The van der Waals surface area contributed by atoms with Crippen LogP contribution in [0.15, 0.2) is 18.3 Å². The van der Waals surface area contributed by atoms with Crippen molar-refractivity contribution in [2.45, 2.75) is 12.8 Å². The maximum atomic E-state index is 10.9. The predicted octanol–water partition coefficient (Wildman–Crippen LogP) is 1.12. The van der Waals surface area contributed by atoms with Gasteiger partial charge in [0, 0.05) is 25.8 Å². The van der Waals surface area contributed by atoms with Crippen molar-refractivity contribution in [1.82, 2.24) is 14.6 Å². The van der Waals surface area contributed by atoms with E-state index in [-0.39, 0.29) is 0 Å². The van der Waals surface area contributed by atoms with Gasteiger partial charge in [0.25, 0.3) is 0 Å². The summed E-state index contributed by atoms with van der Waals surface area (Å²) in [5, 5.41) is 4.38. The first-order chi connectivity index (χ1) is 8.36. The molecule has 1 atom stereocenters. The van der Waals surface area contributed by atoms with Gasteiger partial charge in [-0.2, -0.15) is 5.10 Å². The second-order valence-corrected chi connectivity index (χ2v) is 4.31. The fourth-order valence-electron chi connectivity index (χ4n) is 2.15. The van der Waals surface area contributed by atoms with Crippen molar-refractivity contribution in [1.29, 1.82) is 0 Å².